The number of ether oxygens (including phenoxy) is 1. The summed E-state index contributed by atoms with van der Waals surface area (Å²) in [6, 6.07) is 8.13. The fourth-order valence-corrected chi connectivity index (χ4v) is 2.17. The number of rotatable bonds is 3. The molecule has 1 aliphatic heterocycles. The van der Waals surface area contributed by atoms with Gasteiger partial charge in [0.05, 0.1) is 5.03 Å². The predicted molar refractivity (Wildman–Crippen MR) is 71.9 cm³/mol. The third-order valence-corrected chi connectivity index (χ3v) is 3.49. The van der Waals surface area contributed by atoms with E-state index in [9.17, 15) is 0 Å². The van der Waals surface area contributed by atoms with Gasteiger partial charge in [-0.25, -0.2) is 0 Å². The molecule has 0 amide bonds. The van der Waals surface area contributed by atoms with Crippen LogP contribution < -0.4 is 0 Å². The first kappa shape index (κ1) is 13.4. The quantitative estimate of drug-likeness (QED) is 0.833. The highest BCUT2D eigenvalue weighted by molar-refractivity contribution is 6.30. The minimum atomic E-state index is -0.553. The number of benzene rings is 1. The van der Waals surface area contributed by atoms with Crippen LogP contribution in [0, 0.1) is 6.92 Å². The maximum Gasteiger partial charge on any atom is 0.149 e. The number of halogens is 1. The lowest BCUT2D eigenvalue weighted by Gasteiger charge is -2.36. The predicted octanol–water partition coefficient (Wildman–Crippen LogP) is 3.75. The number of nitrogens with zero attached hydrogens (tertiary/aromatic N) is 1. The Bertz CT molecular complexity index is 453. The molecule has 0 N–H and O–H groups in total. The Morgan fingerprint density at radius 2 is 1.89 bits per heavy atom. The normalized spacial score (nSPS) is 20.7. The monoisotopic (exact) mass is 267 g/mol. The first-order chi connectivity index (χ1) is 8.45. The largest absolute Gasteiger partial charge is 0.409 e. The van der Waals surface area contributed by atoms with Crippen LogP contribution in [-0.4, -0.2) is 17.9 Å². The molecule has 3 nitrogen and oxygen atoms in total. The molecule has 0 aromatic heterocycles. The highest BCUT2D eigenvalue weighted by Crippen LogP contribution is 2.40. The van der Waals surface area contributed by atoms with Crippen molar-refractivity contribution < 1.29 is 9.57 Å². The summed E-state index contributed by atoms with van der Waals surface area (Å²) in [6.07, 6.45) is 1.56. The van der Waals surface area contributed by atoms with Crippen LogP contribution >= 0.6 is 11.6 Å². The fraction of sp³-hybridized carbons (Fsp3) is 0.429. The van der Waals surface area contributed by atoms with Gasteiger partial charge in [0, 0.05) is 7.11 Å². The van der Waals surface area contributed by atoms with E-state index in [0.29, 0.717) is 5.03 Å². The number of methoxy groups -OCH3 is 1. The lowest BCUT2D eigenvalue weighted by atomic mass is 10.0. The van der Waals surface area contributed by atoms with Gasteiger partial charge in [-0.05, 0) is 26.3 Å². The Balaban J connectivity index is 2.33. The summed E-state index contributed by atoms with van der Waals surface area (Å²) in [5.41, 5.74) is 1.75. The van der Waals surface area contributed by atoms with E-state index in [1.807, 2.05) is 13.8 Å². The molecule has 0 saturated carbocycles. The zero-order valence-electron chi connectivity index (χ0n) is 11.1. The van der Waals surface area contributed by atoms with Gasteiger partial charge in [-0.1, -0.05) is 41.4 Å². The zero-order valence-corrected chi connectivity index (χ0v) is 11.9. The first-order valence-corrected chi connectivity index (χ1v) is 6.27. The molecule has 1 aromatic carbocycles. The van der Waals surface area contributed by atoms with Crippen molar-refractivity contribution in [3.8, 4) is 0 Å². The Labute approximate surface area is 113 Å². The van der Waals surface area contributed by atoms with E-state index in [1.54, 1.807) is 18.4 Å². The number of hydrogen-bond donors (Lipinski definition) is 0. The summed E-state index contributed by atoms with van der Waals surface area (Å²) >= 11 is 6.25. The van der Waals surface area contributed by atoms with Crippen LogP contribution in [0.4, 0.5) is 0 Å². The third-order valence-electron chi connectivity index (χ3n) is 3.20. The van der Waals surface area contributed by atoms with Gasteiger partial charge in [0.15, 0.2) is 0 Å². The molecule has 1 heterocycles. The minimum Gasteiger partial charge on any atom is -0.409 e. The molecule has 0 bridgehead atoms. The van der Waals surface area contributed by atoms with E-state index in [0.717, 1.165) is 5.56 Å². The molecule has 1 aromatic rings. The average Bonchev–Trinajstić information content (AvgIpc) is 2.73. The molecule has 0 aliphatic carbocycles. The van der Waals surface area contributed by atoms with Gasteiger partial charge in [-0.3, -0.25) is 0 Å². The van der Waals surface area contributed by atoms with Gasteiger partial charge in [0.2, 0.25) is 0 Å². The summed E-state index contributed by atoms with van der Waals surface area (Å²) in [4.78, 5) is 5.53. The fourth-order valence-electron chi connectivity index (χ4n) is 1.92. The van der Waals surface area contributed by atoms with Crippen molar-refractivity contribution in [2.75, 3.05) is 7.11 Å². The Morgan fingerprint density at radius 3 is 2.44 bits per heavy atom. The number of hydroxylamine groups is 2. The van der Waals surface area contributed by atoms with Crippen LogP contribution in [0.15, 0.2) is 35.6 Å². The molecule has 18 heavy (non-hydrogen) atoms. The van der Waals surface area contributed by atoms with E-state index in [4.69, 9.17) is 21.2 Å². The van der Waals surface area contributed by atoms with E-state index in [-0.39, 0.29) is 6.04 Å². The molecule has 1 unspecified atom stereocenters. The van der Waals surface area contributed by atoms with E-state index >= 15 is 0 Å². The van der Waals surface area contributed by atoms with Crippen molar-refractivity contribution in [3.63, 3.8) is 0 Å². The SMILES string of the molecule is COC(C)(C)N1OC=C(Cl)C1c1ccc(C)cc1. The summed E-state index contributed by atoms with van der Waals surface area (Å²) in [5, 5.41) is 2.42. The van der Waals surface area contributed by atoms with Gasteiger partial charge in [0.1, 0.15) is 18.0 Å². The van der Waals surface area contributed by atoms with Crippen LogP contribution in [0.1, 0.15) is 31.0 Å². The minimum absolute atomic E-state index is 0.123. The van der Waals surface area contributed by atoms with Crippen molar-refractivity contribution in [2.24, 2.45) is 0 Å². The standard InChI is InChI=1S/C14H18ClNO2/c1-10-5-7-11(8-6-10)13-12(15)9-18-16(13)14(2,3)17-4/h5-9,13H,1-4H3. The van der Waals surface area contributed by atoms with Crippen molar-refractivity contribution in [3.05, 3.63) is 46.7 Å². The van der Waals surface area contributed by atoms with Crippen molar-refractivity contribution in [1.82, 2.24) is 5.06 Å². The summed E-state index contributed by atoms with van der Waals surface area (Å²) in [6.45, 7) is 5.94. The second-order valence-corrected chi connectivity index (χ2v) is 5.33. The van der Waals surface area contributed by atoms with Crippen LogP contribution in [0.3, 0.4) is 0 Å². The second-order valence-electron chi connectivity index (χ2n) is 4.90. The van der Waals surface area contributed by atoms with E-state index < -0.39 is 5.72 Å². The smallest absolute Gasteiger partial charge is 0.149 e. The molecule has 98 valence electrons. The van der Waals surface area contributed by atoms with Crippen LogP contribution in [-0.2, 0) is 9.57 Å². The maximum absolute atomic E-state index is 6.25. The van der Waals surface area contributed by atoms with E-state index in [2.05, 4.69) is 31.2 Å². The Kier molecular flexibility index (Phi) is 3.66. The van der Waals surface area contributed by atoms with Gasteiger partial charge >= 0.3 is 0 Å². The summed E-state index contributed by atoms with van der Waals surface area (Å²) in [5.74, 6) is 0. The van der Waals surface area contributed by atoms with Crippen LogP contribution in [0.25, 0.3) is 0 Å². The lowest BCUT2D eigenvalue weighted by Crippen LogP contribution is -2.44. The number of aryl methyl sites for hydroxylation is 1. The van der Waals surface area contributed by atoms with Gasteiger partial charge in [-0.15, -0.1) is 5.06 Å². The maximum atomic E-state index is 6.25. The Morgan fingerprint density at radius 1 is 1.28 bits per heavy atom. The molecule has 0 saturated heterocycles. The molecular weight excluding hydrogens is 250 g/mol. The highest BCUT2D eigenvalue weighted by Gasteiger charge is 2.40. The molecule has 4 heteroatoms. The lowest BCUT2D eigenvalue weighted by molar-refractivity contribution is -0.264. The van der Waals surface area contributed by atoms with E-state index in [1.165, 1.54) is 5.56 Å². The van der Waals surface area contributed by atoms with Crippen molar-refractivity contribution in [1.29, 1.82) is 0 Å². The van der Waals surface area contributed by atoms with Crippen LogP contribution in [0.2, 0.25) is 0 Å². The topological polar surface area (TPSA) is 21.7 Å². The molecule has 1 aliphatic rings. The summed E-state index contributed by atoms with van der Waals surface area (Å²) in [7, 11) is 1.65. The molecule has 1 atom stereocenters. The number of hydrogen-bond acceptors (Lipinski definition) is 3. The van der Waals surface area contributed by atoms with Gasteiger partial charge in [0.25, 0.3) is 0 Å². The third kappa shape index (κ3) is 2.39. The molecular formula is C14H18ClNO2. The van der Waals surface area contributed by atoms with Crippen molar-refractivity contribution in [2.45, 2.75) is 32.5 Å². The molecule has 0 radical (unpaired) electrons. The van der Waals surface area contributed by atoms with Crippen LogP contribution in [0.5, 0.6) is 0 Å². The molecule has 0 fully saturated rings. The van der Waals surface area contributed by atoms with Crippen molar-refractivity contribution >= 4 is 11.6 Å². The second kappa shape index (κ2) is 4.92. The first-order valence-electron chi connectivity index (χ1n) is 5.89. The summed E-state index contributed by atoms with van der Waals surface area (Å²) < 4.78 is 5.45. The Hall–Kier alpha value is -1.03. The average molecular weight is 268 g/mol. The van der Waals surface area contributed by atoms with Gasteiger partial charge < -0.3 is 9.57 Å². The highest BCUT2D eigenvalue weighted by atomic mass is 35.5. The zero-order chi connectivity index (χ0) is 13.3. The molecule has 0 spiro atoms. The van der Waals surface area contributed by atoms with Gasteiger partial charge in [-0.2, -0.15) is 0 Å². The molecule has 2 rings (SSSR count).